The van der Waals surface area contributed by atoms with Crippen molar-refractivity contribution in [3.63, 3.8) is 0 Å². The fraction of sp³-hybridized carbons (Fsp3) is 0.857. The molecule has 0 aromatic carbocycles. The fourth-order valence-electron chi connectivity index (χ4n) is 1.22. The first-order valence-corrected chi connectivity index (χ1v) is 5.81. The number of hydrogen-bond acceptors (Lipinski definition) is 4. The summed E-state index contributed by atoms with van der Waals surface area (Å²) in [6.45, 7) is 1.40. The molecule has 1 rings (SSSR count). The highest BCUT2D eigenvalue weighted by atomic mass is 32.2. The van der Waals surface area contributed by atoms with Crippen LogP contribution in [0, 0.1) is 0 Å². The maximum absolute atomic E-state index is 11.0. The topological polar surface area (TPSA) is 80.7 Å². The van der Waals surface area contributed by atoms with Crippen LogP contribution in [0.15, 0.2) is 0 Å². The van der Waals surface area contributed by atoms with Crippen molar-refractivity contribution in [1.29, 1.82) is 0 Å². The van der Waals surface area contributed by atoms with E-state index in [0.29, 0.717) is 6.42 Å². The first kappa shape index (κ1) is 10.5. The van der Waals surface area contributed by atoms with Crippen LogP contribution in [0.4, 0.5) is 0 Å². The Morgan fingerprint density at radius 1 is 1.62 bits per heavy atom. The van der Waals surface area contributed by atoms with Crippen LogP contribution in [0.3, 0.4) is 0 Å². The molecule has 1 aliphatic rings. The Morgan fingerprint density at radius 3 is 2.62 bits per heavy atom. The second-order valence-corrected chi connectivity index (χ2v) is 5.37. The molecule has 76 valence electrons. The predicted molar refractivity (Wildman–Crippen MR) is 45.2 cm³/mol. The van der Waals surface area contributed by atoms with Gasteiger partial charge in [-0.3, -0.25) is 0 Å². The molecule has 0 radical (unpaired) electrons. The molecule has 0 saturated carbocycles. The monoisotopic (exact) mass is 208 g/mol. The molecule has 0 aromatic heterocycles. The first-order chi connectivity index (χ1) is 5.91. The van der Waals surface area contributed by atoms with Crippen molar-refractivity contribution in [2.45, 2.75) is 25.6 Å². The third-order valence-electron chi connectivity index (χ3n) is 1.93. The van der Waals surface area contributed by atoms with Crippen molar-refractivity contribution in [2.75, 3.05) is 11.5 Å². The van der Waals surface area contributed by atoms with Crippen LogP contribution in [0.5, 0.6) is 0 Å². The normalized spacial score (nSPS) is 28.5. The minimum Gasteiger partial charge on any atom is -0.479 e. The quantitative estimate of drug-likeness (QED) is 0.686. The molecule has 1 N–H and O–H groups in total. The summed E-state index contributed by atoms with van der Waals surface area (Å²) >= 11 is 0. The van der Waals surface area contributed by atoms with E-state index in [-0.39, 0.29) is 11.5 Å². The largest absolute Gasteiger partial charge is 0.479 e. The molecule has 13 heavy (non-hydrogen) atoms. The van der Waals surface area contributed by atoms with Gasteiger partial charge in [0.2, 0.25) is 0 Å². The van der Waals surface area contributed by atoms with Gasteiger partial charge in [0.05, 0.1) is 17.6 Å². The maximum Gasteiger partial charge on any atom is 0.332 e. The van der Waals surface area contributed by atoms with Crippen molar-refractivity contribution in [3.8, 4) is 0 Å². The van der Waals surface area contributed by atoms with Crippen molar-refractivity contribution in [1.82, 2.24) is 0 Å². The van der Waals surface area contributed by atoms with Crippen molar-refractivity contribution in [3.05, 3.63) is 0 Å². The lowest BCUT2D eigenvalue weighted by Gasteiger charge is -2.13. The molecule has 0 amide bonds. The molecule has 2 atom stereocenters. The summed E-state index contributed by atoms with van der Waals surface area (Å²) in [4.78, 5) is 10.4. The summed E-state index contributed by atoms with van der Waals surface area (Å²) in [5.74, 6) is -1.02. The van der Waals surface area contributed by atoms with Gasteiger partial charge in [-0.1, -0.05) is 0 Å². The minimum absolute atomic E-state index is 0.0510. The number of sulfone groups is 1. The molecule has 0 aromatic rings. The van der Waals surface area contributed by atoms with E-state index in [2.05, 4.69) is 0 Å². The van der Waals surface area contributed by atoms with E-state index in [1.165, 1.54) is 6.92 Å². The summed E-state index contributed by atoms with van der Waals surface area (Å²) in [5, 5.41) is 8.50. The molecule has 1 unspecified atom stereocenters. The molecule has 5 nitrogen and oxygen atoms in total. The Balaban J connectivity index is 2.45. The van der Waals surface area contributed by atoms with Crippen LogP contribution >= 0.6 is 0 Å². The van der Waals surface area contributed by atoms with E-state index in [0.717, 1.165) is 0 Å². The van der Waals surface area contributed by atoms with Crippen molar-refractivity contribution < 1.29 is 23.1 Å². The first-order valence-electron chi connectivity index (χ1n) is 3.99. The average Bonchev–Trinajstić information content (AvgIpc) is 2.30. The van der Waals surface area contributed by atoms with Gasteiger partial charge in [-0.15, -0.1) is 0 Å². The molecular formula is C7H12O5S. The lowest BCUT2D eigenvalue weighted by molar-refractivity contribution is -0.151. The number of hydrogen-bond donors (Lipinski definition) is 1. The van der Waals surface area contributed by atoms with Gasteiger partial charge in [0.1, 0.15) is 0 Å². The summed E-state index contributed by atoms with van der Waals surface area (Å²) in [5.41, 5.74) is 0. The van der Waals surface area contributed by atoms with Gasteiger partial charge in [-0.05, 0) is 13.3 Å². The second kappa shape index (κ2) is 3.63. The van der Waals surface area contributed by atoms with Crippen LogP contribution < -0.4 is 0 Å². The number of rotatable bonds is 3. The summed E-state index contributed by atoms with van der Waals surface area (Å²) in [6, 6.07) is 0. The Kier molecular flexibility index (Phi) is 2.92. The van der Waals surface area contributed by atoms with E-state index >= 15 is 0 Å². The number of carbonyl (C=O) groups is 1. The molecule has 1 saturated heterocycles. The summed E-state index contributed by atoms with van der Waals surface area (Å²) < 4.78 is 27.0. The minimum atomic E-state index is -2.98. The van der Waals surface area contributed by atoms with Crippen LogP contribution in [0.25, 0.3) is 0 Å². The van der Waals surface area contributed by atoms with E-state index in [4.69, 9.17) is 9.84 Å². The van der Waals surface area contributed by atoms with Crippen molar-refractivity contribution in [2.24, 2.45) is 0 Å². The molecule has 0 spiro atoms. The van der Waals surface area contributed by atoms with E-state index in [1.54, 1.807) is 0 Å². The molecule has 6 heteroatoms. The smallest absolute Gasteiger partial charge is 0.332 e. The van der Waals surface area contributed by atoms with Gasteiger partial charge in [-0.2, -0.15) is 0 Å². The number of carboxylic acid groups (broad SMARTS) is 1. The SMILES string of the molecule is C[C@H](OC1CCS(=O)(=O)C1)C(=O)O. The number of carboxylic acids is 1. The zero-order chi connectivity index (χ0) is 10.1. The lowest BCUT2D eigenvalue weighted by Crippen LogP contribution is -2.27. The Morgan fingerprint density at radius 2 is 2.23 bits per heavy atom. The molecule has 1 aliphatic heterocycles. The Hall–Kier alpha value is -0.620. The number of aliphatic carboxylic acids is 1. The Labute approximate surface area is 76.6 Å². The highest BCUT2D eigenvalue weighted by Crippen LogP contribution is 2.16. The number of ether oxygens (including phenoxy) is 1. The fourth-order valence-corrected chi connectivity index (χ4v) is 2.82. The van der Waals surface area contributed by atoms with Crippen LogP contribution in [-0.4, -0.2) is 43.2 Å². The summed E-state index contributed by atoms with van der Waals surface area (Å²) in [6.07, 6.45) is -0.977. The maximum atomic E-state index is 11.0. The van der Waals surface area contributed by atoms with Crippen molar-refractivity contribution >= 4 is 15.8 Å². The van der Waals surface area contributed by atoms with E-state index < -0.39 is 28.0 Å². The third kappa shape index (κ3) is 2.96. The molecule has 0 bridgehead atoms. The second-order valence-electron chi connectivity index (χ2n) is 3.14. The van der Waals surface area contributed by atoms with Crippen LogP contribution in [-0.2, 0) is 19.4 Å². The summed E-state index contributed by atoms with van der Waals surface area (Å²) in [7, 11) is -2.98. The molecule has 1 heterocycles. The van der Waals surface area contributed by atoms with E-state index in [1.807, 2.05) is 0 Å². The third-order valence-corrected chi connectivity index (χ3v) is 3.67. The average molecular weight is 208 g/mol. The molecule has 0 aliphatic carbocycles. The highest BCUT2D eigenvalue weighted by molar-refractivity contribution is 7.91. The predicted octanol–water partition coefficient (Wildman–Crippen LogP) is -0.337. The van der Waals surface area contributed by atoms with E-state index in [9.17, 15) is 13.2 Å². The van der Waals surface area contributed by atoms with Gasteiger partial charge < -0.3 is 9.84 Å². The van der Waals surface area contributed by atoms with Crippen LogP contribution in [0.1, 0.15) is 13.3 Å². The van der Waals surface area contributed by atoms with Gasteiger partial charge in [0, 0.05) is 0 Å². The van der Waals surface area contributed by atoms with Gasteiger partial charge in [0.15, 0.2) is 15.9 Å². The zero-order valence-corrected chi connectivity index (χ0v) is 8.08. The highest BCUT2D eigenvalue weighted by Gasteiger charge is 2.30. The lowest BCUT2D eigenvalue weighted by atomic mass is 10.3. The zero-order valence-electron chi connectivity index (χ0n) is 7.26. The van der Waals surface area contributed by atoms with Gasteiger partial charge >= 0.3 is 5.97 Å². The molecular weight excluding hydrogens is 196 g/mol. The van der Waals surface area contributed by atoms with Gasteiger partial charge in [-0.25, -0.2) is 13.2 Å². The standard InChI is InChI=1S/C7H12O5S/c1-5(7(8)9)12-6-2-3-13(10,11)4-6/h5-6H,2-4H2,1H3,(H,8,9)/t5-,6?/m0/s1. The molecule has 1 fully saturated rings. The van der Waals surface area contributed by atoms with Gasteiger partial charge in [0.25, 0.3) is 0 Å². The van der Waals surface area contributed by atoms with Crippen LogP contribution in [0.2, 0.25) is 0 Å². The Bertz CT molecular complexity index is 294.